The molecule has 1 atom stereocenters. The monoisotopic (exact) mass is 491 g/mol. The van der Waals surface area contributed by atoms with Crippen LogP contribution in [0, 0.1) is 6.92 Å². The number of hydrogen-bond acceptors (Lipinski definition) is 5. The molecule has 6 heteroatoms. The summed E-state index contributed by atoms with van der Waals surface area (Å²) >= 11 is 0. The number of aryl methyl sites for hydroxylation is 1. The number of benzene rings is 2. The van der Waals surface area contributed by atoms with Gasteiger partial charge in [-0.2, -0.15) is 0 Å². The second kappa shape index (κ2) is 11.9. The van der Waals surface area contributed by atoms with Gasteiger partial charge in [0, 0.05) is 23.6 Å². The fourth-order valence-electron chi connectivity index (χ4n) is 4.12. The van der Waals surface area contributed by atoms with Gasteiger partial charge in [0.15, 0.2) is 0 Å². The summed E-state index contributed by atoms with van der Waals surface area (Å²) in [6, 6.07) is 17.4. The van der Waals surface area contributed by atoms with E-state index in [1.165, 1.54) is 0 Å². The molecule has 0 saturated carbocycles. The van der Waals surface area contributed by atoms with Crippen LogP contribution in [0.1, 0.15) is 69.5 Å². The van der Waals surface area contributed by atoms with Crippen LogP contribution in [-0.2, 0) is 9.53 Å². The highest BCUT2D eigenvalue weighted by molar-refractivity contribution is 6.05. The van der Waals surface area contributed by atoms with Gasteiger partial charge in [0.25, 0.3) is 5.91 Å². The van der Waals surface area contributed by atoms with E-state index in [0.717, 1.165) is 41.7 Å². The third kappa shape index (κ3) is 7.23. The Bertz CT molecular complexity index is 1160. The molecule has 0 aliphatic heterocycles. The number of unbranched alkanes of at least 4 members (excludes halogenated alkanes) is 1. The van der Waals surface area contributed by atoms with E-state index in [0.29, 0.717) is 23.5 Å². The zero-order valence-corrected chi connectivity index (χ0v) is 22.1. The van der Waals surface area contributed by atoms with E-state index in [1.807, 2.05) is 89.2 Å². The molecule has 3 rings (SSSR count). The number of ether oxygens (including phenoxy) is 2. The Morgan fingerprint density at radius 1 is 0.972 bits per heavy atom. The van der Waals surface area contributed by atoms with Crippen molar-refractivity contribution < 1.29 is 23.5 Å². The second-order valence-corrected chi connectivity index (χ2v) is 10.0. The van der Waals surface area contributed by atoms with E-state index in [-0.39, 0.29) is 17.9 Å². The molecule has 0 bridgehead atoms. The third-order valence-corrected chi connectivity index (χ3v) is 5.79. The fourth-order valence-corrected chi connectivity index (χ4v) is 4.12. The lowest BCUT2D eigenvalue weighted by atomic mass is 9.96. The van der Waals surface area contributed by atoms with Crippen molar-refractivity contribution in [2.75, 3.05) is 7.11 Å². The first-order valence-corrected chi connectivity index (χ1v) is 12.4. The van der Waals surface area contributed by atoms with Crippen LogP contribution in [0.15, 0.2) is 59.0 Å². The van der Waals surface area contributed by atoms with Gasteiger partial charge in [-0.3, -0.25) is 9.59 Å². The molecule has 2 aromatic carbocycles. The van der Waals surface area contributed by atoms with Crippen LogP contribution in [-0.4, -0.2) is 30.6 Å². The average molecular weight is 492 g/mol. The van der Waals surface area contributed by atoms with Gasteiger partial charge in [-0.25, -0.2) is 0 Å². The number of furan rings is 1. The Hall–Kier alpha value is -3.54. The van der Waals surface area contributed by atoms with Crippen molar-refractivity contribution in [1.29, 1.82) is 0 Å². The lowest BCUT2D eigenvalue weighted by molar-refractivity contribution is -0.154. The van der Waals surface area contributed by atoms with Crippen LogP contribution in [0.3, 0.4) is 0 Å². The molecule has 1 amide bonds. The summed E-state index contributed by atoms with van der Waals surface area (Å²) in [4.78, 5) is 25.4. The summed E-state index contributed by atoms with van der Waals surface area (Å²) in [6.45, 7) is 9.39. The number of hydrogen-bond donors (Lipinski definition) is 1. The standard InChI is InChI=1S/C30H37NO5/c1-20(12-10-11-15-25(32)36-30(3,4)5)31-29(33)26-21(2)35-28(23-13-8-7-9-14-23)27(26)22-16-18-24(34-6)19-17-22/h7-9,13-14,16-20H,10-12,15H2,1-6H3,(H,31,33)/t20-/m0/s1. The summed E-state index contributed by atoms with van der Waals surface area (Å²) in [6.07, 6.45) is 2.66. The molecule has 0 radical (unpaired) electrons. The maximum atomic E-state index is 13.5. The summed E-state index contributed by atoms with van der Waals surface area (Å²) in [5.41, 5.74) is 2.60. The van der Waals surface area contributed by atoms with Gasteiger partial charge >= 0.3 is 5.97 Å². The molecule has 3 aromatic rings. The highest BCUT2D eigenvalue weighted by Crippen LogP contribution is 2.39. The first-order chi connectivity index (χ1) is 17.1. The Morgan fingerprint density at radius 2 is 1.64 bits per heavy atom. The minimum Gasteiger partial charge on any atom is -0.497 e. The number of rotatable bonds is 10. The largest absolute Gasteiger partial charge is 0.497 e. The van der Waals surface area contributed by atoms with Gasteiger partial charge < -0.3 is 19.2 Å². The molecular formula is C30H37NO5. The van der Waals surface area contributed by atoms with E-state index in [4.69, 9.17) is 13.9 Å². The molecule has 1 N–H and O–H groups in total. The van der Waals surface area contributed by atoms with E-state index in [1.54, 1.807) is 7.11 Å². The highest BCUT2D eigenvalue weighted by atomic mass is 16.6. The third-order valence-electron chi connectivity index (χ3n) is 5.79. The Morgan fingerprint density at radius 3 is 2.25 bits per heavy atom. The first kappa shape index (κ1) is 27.1. The molecule has 1 heterocycles. The number of esters is 1. The summed E-state index contributed by atoms with van der Waals surface area (Å²) in [5.74, 6) is 1.60. The normalized spacial score (nSPS) is 12.2. The van der Waals surface area contributed by atoms with Crippen LogP contribution < -0.4 is 10.1 Å². The zero-order chi connectivity index (χ0) is 26.3. The summed E-state index contributed by atoms with van der Waals surface area (Å²) in [7, 11) is 1.63. The van der Waals surface area contributed by atoms with Crippen LogP contribution in [0.4, 0.5) is 0 Å². The molecule has 0 saturated heterocycles. The van der Waals surface area contributed by atoms with Crippen molar-refractivity contribution in [2.45, 2.75) is 71.9 Å². The number of amides is 1. The van der Waals surface area contributed by atoms with E-state index < -0.39 is 5.60 Å². The summed E-state index contributed by atoms with van der Waals surface area (Å²) in [5, 5.41) is 3.12. The van der Waals surface area contributed by atoms with Crippen LogP contribution in [0.5, 0.6) is 5.75 Å². The molecule has 192 valence electrons. The van der Waals surface area contributed by atoms with E-state index >= 15 is 0 Å². The van der Waals surface area contributed by atoms with E-state index in [9.17, 15) is 9.59 Å². The SMILES string of the molecule is COc1ccc(-c2c(-c3ccccc3)oc(C)c2C(=O)N[C@@H](C)CCCCC(=O)OC(C)(C)C)cc1. The van der Waals surface area contributed by atoms with Crippen LogP contribution in [0.25, 0.3) is 22.5 Å². The van der Waals surface area contributed by atoms with Crippen molar-refractivity contribution in [3.63, 3.8) is 0 Å². The van der Waals surface area contributed by atoms with Gasteiger partial charge in [0.2, 0.25) is 0 Å². The molecule has 0 fully saturated rings. The molecule has 0 spiro atoms. The lowest BCUT2D eigenvalue weighted by Gasteiger charge is -2.19. The molecule has 6 nitrogen and oxygen atoms in total. The zero-order valence-electron chi connectivity index (χ0n) is 22.1. The molecular weight excluding hydrogens is 454 g/mol. The number of methoxy groups -OCH3 is 1. The van der Waals surface area contributed by atoms with E-state index in [2.05, 4.69) is 5.32 Å². The average Bonchev–Trinajstić information content (AvgIpc) is 3.18. The Labute approximate surface area is 214 Å². The van der Waals surface area contributed by atoms with Gasteiger partial charge in [-0.15, -0.1) is 0 Å². The van der Waals surface area contributed by atoms with Gasteiger partial charge in [-0.1, -0.05) is 48.9 Å². The predicted octanol–water partition coefficient (Wildman–Crippen LogP) is 6.95. The minimum atomic E-state index is -0.471. The van der Waals surface area contributed by atoms with Crippen LogP contribution >= 0.6 is 0 Å². The second-order valence-electron chi connectivity index (χ2n) is 10.0. The van der Waals surface area contributed by atoms with Crippen molar-refractivity contribution in [2.24, 2.45) is 0 Å². The van der Waals surface area contributed by atoms with Crippen molar-refractivity contribution in [1.82, 2.24) is 5.32 Å². The van der Waals surface area contributed by atoms with Gasteiger partial charge in [0.1, 0.15) is 22.9 Å². The van der Waals surface area contributed by atoms with Gasteiger partial charge in [-0.05, 0) is 65.2 Å². The predicted molar refractivity (Wildman–Crippen MR) is 142 cm³/mol. The molecule has 0 unspecified atom stereocenters. The van der Waals surface area contributed by atoms with Crippen LogP contribution in [0.2, 0.25) is 0 Å². The highest BCUT2D eigenvalue weighted by Gasteiger charge is 2.26. The minimum absolute atomic E-state index is 0.0608. The molecule has 1 aromatic heterocycles. The fraction of sp³-hybridized carbons (Fsp3) is 0.400. The Kier molecular flexibility index (Phi) is 8.97. The smallest absolute Gasteiger partial charge is 0.306 e. The maximum absolute atomic E-state index is 13.5. The molecule has 36 heavy (non-hydrogen) atoms. The number of carbonyl (C=O) groups is 2. The topological polar surface area (TPSA) is 77.8 Å². The first-order valence-electron chi connectivity index (χ1n) is 12.4. The lowest BCUT2D eigenvalue weighted by Crippen LogP contribution is -2.33. The quantitative estimate of drug-likeness (QED) is 0.245. The summed E-state index contributed by atoms with van der Waals surface area (Å²) < 4.78 is 16.8. The van der Waals surface area contributed by atoms with Crippen molar-refractivity contribution in [3.05, 3.63) is 65.9 Å². The Balaban J connectivity index is 1.75. The molecule has 0 aliphatic rings. The maximum Gasteiger partial charge on any atom is 0.306 e. The molecule has 0 aliphatic carbocycles. The number of nitrogens with one attached hydrogen (secondary N) is 1. The van der Waals surface area contributed by atoms with Crippen molar-refractivity contribution >= 4 is 11.9 Å². The number of carbonyl (C=O) groups excluding carboxylic acids is 2. The van der Waals surface area contributed by atoms with Crippen molar-refractivity contribution in [3.8, 4) is 28.2 Å². The van der Waals surface area contributed by atoms with Gasteiger partial charge in [0.05, 0.1) is 12.7 Å².